The number of amides is 1. The highest BCUT2D eigenvalue weighted by molar-refractivity contribution is 9.10. The van der Waals surface area contributed by atoms with E-state index in [9.17, 15) is 9.18 Å². The molecule has 0 spiro atoms. The Morgan fingerprint density at radius 2 is 1.96 bits per heavy atom. The van der Waals surface area contributed by atoms with Crippen molar-refractivity contribution in [2.24, 2.45) is 5.92 Å². The quantitative estimate of drug-likeness (QED) is 0.610. The van der Waals surface area contributed by atoms with Crippen LogP contribution in [0.25, 0.3) is 0 Å². The van der Waals surface area contributed by atoms with E-state index >= 15 is 0 Å². The van der Waals surface area contributed by atoms with Gasteiger partial charge >= 0.3 is 6.09 Å². The van der Waals surface area contributed by atoms with Crippen LogP contribution in [0.4, 0.5) is 9.18 Å². The number of ether oxygens (including phenoxy) is 1. The number of carbonyl (C=O) groups is 1. The van der Waals surface area contributed by atoms with Gasteiger partial charge in [0.05, 0.1) is 10.5 Å². The Bertz CT molecular complexity index is 795. The van der Waals surface area contributed by atoms with E-state index in [0.717, 1.165) is 36.8 Å². The van der Waals surface area contributed by atoms with Crippen molar-refractivity contribution in [2.45, 2.75) is 44.6 Å². The summed E-state index contributed by atoms with van der Waals surface area (Å²) in [5.41, 5.74) is 1.96. The fourth-order valence-electron chi connectivity index (χ4n) is 3.67. The Hall–Kier alpha value is -2.15. The molecule has 2 aromatic rings. The van der Waals surface area contributed by atoms with Gasteiger partial charge in [-0.25, -0.2) is 14.2 Å². The fraction of sp³-hybridized carbons (Fsp3) is 0.429. The Labute approximate surface area is 172 Å². The topological polar surface area (TPSA) is 71.5 Å². The Morgan fingerprint density at radius 3 is 2.61 bits per heavy atom. The molecule has 3 rings (SSSR count). The van der Waals surface area contributed by atoms with Gasteiger partial charge in [-0.1, -0.05) is 31.4 Å². The minimum absolute atomic E-state index is 0.245. The molecule has 1 aliphatic rings. The van der Waals surface area contributed by atoms with Crippen LogP contribution in [0.2, 0.25) is 0 Å². The third-order valence-electron chi connectivity index (χ3n) is 5.11. The van der Waals surface area contributed by atoms with Gasteiger partial charge in [-0.05, 0) is 70.4 Å². The first kappa shape index (κ1) is 20.6. The molecule has 0 aliphatic heterocycles. The van der Waals surface area contributed by atoms with Gasteiger partial charge in [0.2, 0.25) is 5.88 Å². The molecular weight excluding hydrogens is 427 g/mol. The van der Waals surface area contributed by atoms with Crippen LogP contribution in [0.15, 0.2) is 41.0 Å². The van der Waals surface area contributed by atoms with E-state index in [1.54, 1.807) is 18.3 Å². The maximum absolute atomic E-state index is 13.0. The molecule has 0 bridgehead atoms. The van der Waals surface area contributed by atoms with Gasteiger partial charge < -0.3 is 15.2 Å². The zero-order valence-electron chi connectivity index (χ0n) is 15.5. The van der Waals surface area contributed by atoms with Gasteiger partial charge in [0.15, 0.2) is 0 Å². The SMILES string of the molecule is O=C(O)N[C@H](COc1ncc(Cc2ccc(F)cc2)cc1Br)C1CCCCC1. The zero-order chi connectivity index (χ0) is 19.9. The maximum Gasteiger partial charge on any atom is 0.405 e. The molecule has 1 atom stereocenters. The fourth-order valence-corrected chi connectivity index (χ4v) is 4.18. The molecule has 1 saturated carbocycles. The summed E-state index contributed by atoms with van der Waals surface area (Å²) in [5.74, 6) is 0.478. The molecule has 28 heavy (non-hydrogen) atoms. The van der Waals surface area contributed by atoms with Crippen LogP contribution in [-0.4, -0.2) is 28.8 Å². The van der Waals surface area contributed by atoms with E-state index in [1.165, 1.54) is 18.6 Å². The Morgan fingerprint density at radius 1 is 1.25 bits per heavy atom. The molecule has 1 fully saturated rings. The first-order valence-corrected chi connectivity index (χ1v) is 10.3. The van der Waals surface area contributed by atoms with Crippen LogP contribution in [-0.2, 0) is 6.42 Å². The molecule has 2 N–H and O–H groups in total. The second-order valence-corrected chi connectivity index (χ2v) is 8.05. The molecule has 1 aromatic carbocycles. The number of hydrogen-bond acceptors (Lipinski definition) is 3. The third kappa shape index (κ3) is 5.92. The van der Waals surface area contributed by atoms with Crippen molar-refractivity contribution in [1.82, 2.24) is 10.3 Å². The van der Waals surface area contributed by atoms with Crippen LogP contribution in [0, 0.1) is 11.7 Å². The number of carboxylic acid groups (broad SMARTS) is 1. The van der Waals surface area contributed by atoms with Crippen LogP contribution in [0.1, 0.15) is 43.2 Å². The average Bonchev–Trinajstić information content (AvgIpc) is 2.68. The van der Waals surface area contributed by atoms with Crippen molar-refractivity contribution < 1.29 is 19.0 Å². The molecule has 1 heterocycles. The molecule has 0 saturated heterocycles. The summed E-state index contributed by atoms with van der Waals surface area (Å²) in [6.45, 7) is 0.250. The average molecular weight is 451 g/mol. The minimum Gasteiger partial charge on any atom is -0.475 e. The Kier molecular flexibility index (Phi) is 7.25. The number of nitrogens with zero attached hydrogens (tertiary/aromatic N) is 1. The van der Waals surface area contributed by atoms with Crippen molar-refractivity contribution in [3.8, 4) is 5.88 Å². The number of nitrogens with one attached hydrogen (secondary N) is 1. The number of pyridine rings is 1. The summed E-state index contributed by atoms with van der Waals surface area (Å²) in [6.07, 6.45) is 6.83. The predicted molar refractivity (Wildman–Crippen MR) is 108 cm³/mol. The van der Waals surface area contributed by atoms with Crippen molar-refractivity contribution in [1.29, 1.82) is 0 Å². The lowest BCUT2D eigenvalue weighted by atomic mass is 9.84. The predicted octanol–water partition coefficient (Wildman–Crippen LogP) is 5.17. The van der Waals surface area contributed by atoms with E-state index in [4.69, 9.17) is 9.84 Å². The van der Waals surface area contributed by atoms with Crippen LogP contribution in [0.3, 0.4) is 0 Å². The minimum atomic E-state index is -1.03. The Balaban J connectivity index is 1.62. The van der Waals surface area contributed by atoms with Gasteiger partial charge in [-0.3, -0.25) is 0 Å². The molecule has 1 aliphatic carbocycles. The summed E-state index contributed by atoms with van der Waals surface area (Å²) in [5, 5.41) is 11.8. The highest BCUT2D eigenvalue weighted by atomic mass is 79.9. The van der Waals surface area contributed by atoms with Crippen molar-refractivity contribution in [3.63, 3.8) is 0 Å². The number of hydrogen-bond donors (Lipinski definition) is 2. The van der Waals surface area contributed by atoms with E-state index in [2.05, 4.69) is 26.2 Å². The molecule has 150 valence electrons. The number of aromatic nitrogens is 1. The molecule has 7 heteroatoms. The monoisotopic (exact) mass is 450 g/mol. The number of benzene rings is 1. The molecule has 5 nitrogen and oxygen atoms in total. The summed E-state index contributed by atoms with van der Waals surface area (Å²) in [4.78, 5) is 15.5. The van der Waals surface area contributed by atoms with Crippen LogP contribution in [0.5, 0.6) is 5.88 Å². The summed E-state index contributed by atoms with van der Waals surface area (Å²) >= 11 is 3.48. The van der Waals surface area contributed by atoms with E-state index < -0.39 is 6.09 Å². The van der Waals surface area contributed by atoms with Crippen molar-refractivity contribution in [3.05, 3.63) is 57.9 Å². The molecule has 1 aromatic heterocycles. The standard InChI is InChI=1S/C21H24BrFN2O3/c22-18-11-15(10-14-6-8-17(23)9-7-14)12-24-20(18)28-13-19(25-21(26)27)16-4-2-1-3-5-16/h6-9,11-12,16,19,25H,1-5,10,13H2,(H,26,27)/t19-/m1/s1. The first-order chi connectivity index (χ1) is 13.5. The second-order valence-electron chi connectivity index (χ2n) is 7.20. The van der Waals surface area contributed by atoms with Crippen LogP contribution >= 0.6 is 15.9 Å². The van der Waals surface area contributed by atoms with Gasteiger partial charge in [-0.2, -0.15) is 0 Å². The van der Waals surface area contributed by atoms with Gasteiger partial charge in [-0.15, -0.1) is 0 Å². The highest BCUT2D eigenvalue weighted by Gasteiger charge is 2.26. The summed E-state index contributed by atoms with van der Waals surface area (Å²) < 4.78 is 19.6. The highest BCUT2D eigenvalue weighted by Crippen LogP contribution is 2.28. The van der Waals surface area contributed by atoms with Gasteiger partial charge in [0.1, 0.15) is 12.4 Å². The van der Waals surface area contributed by atoms with Crippen molar-refractivity contribution in [2.75, 3.05) is 6.61 Å². The number of rotatable bonds is 7. The molecule has 0 radical (unpaired) electrons. The first-order valence-electron chi connectivity index (χ1n) is 9.52. The third-order valence-corrected chi connectivity index (χ3v) is 5.68. The molecule has 0 unspecified atom stereocenters. The van der Waals surface area contributed by atoms with E-state index in [-0.39, 0.29) is 18.5 Å². The lowest BCUT2D eigenvalue weighted by Gasteiger charge is -2.29. The van der Waals surface area contributed by atoms with E-state index in [0.29, 0.717) is 22.7 Å². The van der Waals surface area contributed by atoms with Crippen LogP contribution < -0.4 is 10.1 Å². The largest absolute Gasteiger partial charge is 0.475 e. The maximum atomic E-state index is 13.0. The number of halogens is 2. The summed E-state index contributed by atoms with van der Waals surface area (Å²) in [6, 6.07) is 8.06. The van der Waals surface area contributed by atoms with Gasteiger partial charge in [0.25, 0.3) is 0 Å². The lowest BCUT2D eigenvalue weighted by molar-refractivity contribution is 0.153. The van der Waals surface area contributed by atoms with Gasteiger partial charge in [0, 0.05) is 6.20 Å². The molecular formula is C21H24BrFN2O3. The lowest BCUT2D eigenvalue weighted by Crippen LogP contribution is -2.44. The normalized spacial score (nSPS) is 15.8. The molecule has 1 amide bonds. The zero-order valence-corrected chi connectivity index (χ0v) is 17.1. The van der Waals surface area contributed by atoms with Crippen molar-refractivity contribution >= 4 is 22.0 Å². The second kappa shape index (κ2) is 9.87. The summed E-state index contributed by atoms with van der Waals surface area (Å²) in [7, 11) is 0. The smallest absolute Gasteiger partial charge is 0.405 e. The van der Waals surface area contributed by atoms with E-state index in [1.807, 2.05) is 6.07 Å².